The number of hydrogen-bond donors (Lipinski definition) is 1. The first-order chi connectivity index (χ1) is 18.7. The van der Waals surface area contributed by atoms with Gasteiger partial charge in [-0.05, 0) is 47.2 Å². The number of rotatable bonds is 6. The summed E-state index contributed by atoms with van der Waals surface area (Å²) < 4.78 is 0. The van der Waals surface area contributed by atoms with Crippen molar-refractivity contribution in [3.8, 4) is 22.3 Å². The van der Waals surface area contributed by atoms with Crippen LogP contribution in [-0.4, -0.2) is 11.7 Å². The Balaban J connectivity index is 1.40. The summed E-state index contributed by atoms with van der Waals surface area (Å²) in [7, 11) is 0. The summed E-state index contributed by atoms with van der Waals surface area (Å²) in [5.74, 6) is 1.08. The number of amidine groups is 2. The van der Waals surface area contributed by atoms with Gasteiger partial charge < -0.3 is 5.73 Å². The molecule has 0 amide bonds. The molecule has 0 atom stereocenters. The van der Waals surface area contributed by atoms with E-state index in [1.54, 1.807) is 0 Å². The van der Waals surface area contributed by atoms with Crippen molar-refractivity contribution in [2.75, 3.05) is 0 Å². The largest absolute Gasteiger partial charge is 0.383 e. The number of allylic oxidation sites excluding steroid dienone is 4. The van der Waals surface area contributed by atoms with Crippen LogP contribution in [-0.2, 0) is 6.54 Å². The van der Waals surface area contributed by atoms with Crippen molar-refractivity contribution in [2.24, 2.45) is 15.7 Å². The normalized spacial score (nSPS) is 13.8. The van der Waals surface area contributed by atoms with Crippen LogP contribution < -0.4 is 5.73 Å². The van der Waals surface area contributed by atoms with Crippen LogP contribution in [0.15, 0.2) is 149 Å². The Morgan fingerprint density at radius 1 is 0.737 bits per heavy atom. The summed E-state index contributed by atoms with van der Waals surface area (Å²) in [5, 5.41) is 0. The Kier molecular flexibility index (Phi) is 7.86. The smallest absolute Gasteiger partial charge is 0.157 e. The minimum Gasteiger partial charge on any atom is -0.383 e. The highest BCUT2D eigenvalue weighted by molar-refractivity contribution is 6.11. The van der Waals surface area contributed by atoms with E-state index in [1.165, 1.54) is 27.8 Å². The highest BCUT2D eigenvalue weighted by Crippen LogP contribution is 2.26. The predicted molar refractivity (Wildman–Crippen MR) is 161 cm³/mol. The first-order valence-corrected chi connectivity index (χ1v) is 12.9. The highest BCUT2D eigenvalue weighted by atomic mass is 15.0. The second-order valence-corrected chi connectivity index (χ2v) is 9.34. The molecule has 0 fully saturated rings. The van der Waals surface area contributed by atoms with Gasteiger partial charge in [0.1, 0.15) is 5.84 Å². The van der Waals surface area contributed by atoms with Gasteiger partial charge in [0.2, 0.25) is 0 Å². The van der Waals surface area contributed by atoms with E-state index < -0.39 is 0 Å². The average Bonchev–Trinajstić information content (AvgIpc) is 3.26. The maximum Gasteiger partial charge on any atom is 0.157 e. The van der Waals surface area contributed by atoms with Crippen LogP contribution in [0.2, 0.25) is 0 Å². The molecule has 38 heavy (non-hydrogen) atoms. The molecule has 0 saturated heterocycles. The van der Waals surface area contributed by atoms with Gasteiger partial charge in [0.25, 0.3) is 0 Å². The summed E-state index contributed by atoms with van der Waals surface area (Å²) >= 11 is 0. The average molecular weight is 494 g/mol. The zero-order valence-electron chi connectivity index (χ0n) is 21.6. The molecule has 0 heterocycles. The van der Waals surface area contributed by atoms with E-state index in [4.69, 9.17) is 15.7 Å². The topological polar surface area (TPSA) is 50.7 Å². The molecule has 1 aliphatic carbocycles. The standard InChI is InChI=1S/C35H31N3/c1-26-11-9-17-32(23-26)28-19-21-29(22-20-28)33-18-10-12-27(24-33)25-37-35(31-15-7-4-8-16-31)38-34(36)30-13-5-2-3-6-14-30/h2,4-24H,3,25H2,1H3,(H2,36,37,38). The lowest BCUT2D eigenvalue weighted by Gasteiger charge is -2.08. The van der Waals surface area contributed by atoms with E-state index >= 15 is 0 Å². The summed E-state index contributed by atoms with van der Waals surface area (Å²) in [6.45, 7) is 2.63. The molecule has 4 aromatic rings. The summed E-state index contributed by atoms with van der Waals surface area (Å²) in [4.78, 5) is 9.64. The molecule has 0 radical (unpaired) electrons. The maximum atomic E-state index is 6.40. The molecular weight excluding hydrogens is 462 g/mol. The van der Waals surface area contributed by atoms with Gasteiger partial charge in [0.15, 0.2) is 5.84 Å². The quantitative estimate of drug-likeness (QED) is 0.214. The molecule has 186 valence electrons. The Hall–Kier alpha value is -4.76. The number of hydrogen-bond acceptors (Lipinski definition) is 1. The third-order valence-corrected chi connectivity index (χ3v) is 6.44. The van der Waals surface area contributed by atoms with Gasteiger partial charge in [-0.3, -0.25) is 4.99 Å². The Morgan fingerprint density at radius 2 is 1.45 bits per heavy atom. The molecule has 3 nitrogen and oxygen atoms in total. The summed E-state index contributed by atoms with van der Waals surface area (Å²) in [6, 6.07) is 35.9. The third-order valence-electron chi connectivity index (χ3n) is 6.44. The Labute approximate surface area is 225 Å². The molecule has 0 bridgehead atoms. The first kappa shape index (κ1) is 24.9. The SMILES string of the molecule is Cc1cccc(-c2ccc(-c3cccc(CN=C(N=C(N)C4=CC=CCC=C4)c4ccccc4)c3)cc2)c1. The van der Waals surface area contributed by atoms with E-state index in [0.717, 1.165) is 23.1 Å². The van der Waals surface area contributed by atoms with Crippen LogP contribution in [0.1, 0.15) is 23.1 Å². The van der Waals surface area contributed by atoms with Crippen molar-refractivity contribution in [1.82, 2.24) is 0 Å². The molecule has 5 rings (SSSR count). The first-order valence-electron chi connectivity index (χ1n) is 12.9. The van der Waals surface area contributed by atoms with Crippen molar-refractivity contribution in [1.29, 1.82) is 0 Å². The molecular formula is C35H31N3. The van der Waals surface area contributed by atoms with Crippen molar-refractivity contribution >= 4 is 11.7 Å². The van der Waals surface area contributed by atoms with E-state index in [0.29, 0.717) is 18.2 Å². The molecule has 0 spiro atoms. The number of benzene rings is 4. The van der Waals surface area contributed by atoms with Gasteiger partial charge in [-0.15, -0.1) is 0 Å². The maximum absolute atomic E-state index is 6.40. The fourth-order valence-corrected chi connectivity index (χ4v) is 4.40. The highest BCUT2D eigenvalue weighted by Gasteiger charge is 2.07. The fourth-order valence-electron chi connectivity index (χ4n) is 4.40. The number of aryl methyl sites for hydroxylation is 1. The second kappa shape index (κ2) is 12.0. The van der Waals surface area contributed by atoms with E-state index in [2.05, 4.69) is 91.9 Å². The minimum atomic E-state index is 0.456. The van der Waals surface area contributed by atoms with Crippen molar-refractivity contribution in [3.63, 3.8) is 0 Å². The Morgan fingerprint density at radius 3 is 2.18 bits per heavy atom. The molecule has 4 aromatic carbocycles. The summed E-state index contributed by atoms with van der Waals surface area (Å²) in [5.41, 5.74) is 15.4. The van der Waals surface area contributed by atoms with Crippen molar-refractivity contribution in [2.45, 2.75) is 19.9 Å². The van der Waals surface area contributed by atoms with Crippen LogP contribution >= 0.6 is 0 Å². The van der Waals surface area contributed by atoms with Crippen LogP contribution in [0.25, 0.3) is 22.3 Å². The van der Waals surface area contributed by atoms with E-state index in [-0.39, 0.29) is 0 Å². The van der Waals surface area contributed by atoms with Crippen LogP contribution in [0.5, 0.6) is 0 Å². The van der Waals surface area contributed by atoms with Gasteiger partial charge in [-0.2, -0.15) is 0 Å². The van der Waals surface area contributed by atoms with Gasteiger partial charge in [0, 0.05) is 11.1 Å². The second-order valence-electron chi connectivity index (χ2n) is 9.34. The zero-order valence-corrected chi connectivity index (χ0v) is 21.6. The van der Waals surface area contributed by atoms with E-state index in [1.807, 2.05) is 48.6 Å². The third kappa shape index (κ3) is 6.32. The Bertz CT molecular complexity index is 1550. The van der Waals surface area contributed by atoms with Crippen LogP contribution in [0, 0.1) is 6.92 Å². The lowest BCUT2D eigenvalue weighted by atomic mass is 9.98. The number of nitrogens with zero attached hydrogens (tertiary/aromatic N) is 2. The fraction of sp³-hybridized carbons (Fsp3) is 0.0857. The van der Waals surface area contributed by atoms with Gasteiger partial charge in [-0.1, -0.05) is 133 Å². The zero-order chi connectivity index (χ0) is 26.2. The van der Waals surface area contributed by atoms with Gasteiger partial charge >= 0.3 is 0 Å². The molecule has 0 saturated carbocycles. The minimum absolute atomic E-state index is 0.456. The van der Waals surface area contributed by atoms with Gasteiger partial charge in [-0.25, -0.2) is 4.99 Å². The van der Waals surface area contributed by atoms with Crippen molar-refractivity contribution < 1.29 is 0 Å². The lowest BCUT2D eigenvalue weighted by Crippen LogP contribution is -2.17. The molecule has 2 N–H and O–H groups in total. The van der Waals surface area contributed by atoms with Crippen LogP contribution in [0.4, 0.5) is 0 Å². The number of nitrogens with two attached hydrogens (primary N) is 1. The molecule has 0 unspecified atom stereocenters. The molecule has 0 aliphatic heterocycles. The van der Waals surface area contributed by atoms with Crippen molar-refractivity contribution in [3.05, 3.63) is 156 Å². The predicted octanol–water partition coefficient (Wildman–Crippen LogP) is 8.08. The van der Waals surface area contributed by atoms with Gasteiger partial charge in [0.05, 0.1) is 6.54 Å². The lowest BCUT2D eigenvalue weighted by molar-refractivity contribution is 1.06. The van der Waals surface area contributed by atoms with E-state index in [9.17, 15) is 0 Å². The monoisotopic (exact) mass is 493 g/mol. The van der Waals surface area contributed by atoms with Crippen LogP contribution in [0.3, 0.4) is 0 Å². The molecule has 0 aromatic heterocycles. The molecule has 3 heteroatoms. The number of aliphatic imine (C=N–C) groups is 2. The molecule has 1 aliphatic rings. The summed E-state index contributed by atoms with van der Waals surface area (Å²) in [6.07, 6.45) is 11.1.